The zero-order valence-electron chi connectivity index (χ0n) is 41.3. The number of hydrogen-bond donors (Lipinski definition) is 0. The molecule has 0 unspecified atom stereocenters. The van der Waals surface area contributed by atoms with Crippen molar-refractivity contribution in [2.24, 2.45) is 0 Å². The number of methoxy groups -OCH3 is 4. The lowest BCUT2D eigenvalue weighted by molar-refractivity contribution is -0.107. The summed E-state index contributed by atoms with van der Waals surface area (Å²) in [6.07, 6.45) is -6.18. The fourth-order valence-electron chi connectivity index (χ4n) is 6.86. The van der Waals surface area contributed by atoms with Gasteiger partial charge in [-0.25, -0.2) is 28.4 Å². The van der Waals surface area contributed by atoms with Crippen molar-refractivity contribution >= 4 is 37.5 Å². The van der Waals surface area contributed by atoms with Crippen molar-refractivity contribution in [2.75, 3.05) is 39.9 Å². The Labute approximate surface area is 435 Å². The van der Waals surface area contributed by atoms with Gasteiger partial charge in [0.15, 0.2) is 33.9 Å². The monoisotopic (exact) mass is 1130 g/mol. The summed E-state index contributed by atoms with van der Waals surface area (Å²) in [6.45, 7) is 7.82. The molecule has 0 radical (unpaired) electrons. The lowest BCUT2D eigenvalue weighted by atomic mass is 10.1. The van der Waals surface area contributed by atoms with E-state index < -0.39 is 38.9 Å². The third-order valence-corrected chi connectivity index (χ3v) is 13.6. The van der Waals surface area contributed by atoms with Crippen molar-refractivity contribution in [3.05, 3.63) is 163 Å². The molecule has 7 aromatic rings. The van der Waals surface area contributed by atoms with Crippen LogP contribution in [0, 0.1) is 27.7 Å². The van der Waals surface area contributed by atoms with Gasteiger partial charge in [-0.15, -0.1) is 0 Å². The van der Waals surface area contributed by atoms with Crippen LogP contribution in [0.5, 0.6) is 23.0 Å². The van der Waals surface area contributed by atoms with E-state index >= 15 is 0 Å². The normalized spacial score (nSPS) is 11.4. The predicted octanol–water partition coefficient (Wildman–Crippen LogP) is 10.5. The molecule has 0 fully saturated rings. The molecule has 0 saturated carbocycles. The zero-order valence-corrected chi connectivity index (χ0v) is 44.5. The summed E-state index contributed by atoms with van der Waals surface area (Å²) in [5.74, 6) is -1.03. The van der Waals surface area contributed by atoms with E-state index in [9.17, 15) is 44.3 Å². The minimum atomic E-state index is -4.93. The van der Waals surface area contributed by atoms with Crippen LogP contribution in [0.2, 0.25) is 0 Å². The SMILES string of the molecule is COc1ccc(Cn2cc(-c3cc(C)nc(S(=O)(=O)CC(F)(F)F)n3)ccc2=O)cc1OC.COc1ccc(Cn2cc(-c3cc(C)nc(SCC(F)(F)F)n3)ccc2=O)cc1OC.Cc1ccc(CBr)cc1C. The van der Waals surface area contributed by atoms with Gasteiger partial charge in [-0.1, -0.05) is 58.0 Å². The molecule has 0 aliphatic carbocycles. The maximum absolute atomic E-state index is 12.7. The first kappa shape index (κ1) is 58.2. The van der Waals surface area contributed by atoms with Crippen LogP contribution in [0.15, 0.2) is 123 Å². The summed E-state index contributed by atoms with van der Waals surface area (Å²) in [7, 11) is 1.25. The quantitative estimate of drug-likeness (QED) is 0.0412. The molecule has 3 aromatic carbocycles. The highest BCUT2D eigenvalue weighted by Gasteiger charge is 2.38. The third-order valence-electron chi connectivity index (χ3n) is 10.6. The van der Waals surface area contributed by atoms with Crippen LogP contribution in [-0.2, 0) is 28.3 Å². The number of rotatable bonds is 15. The van der Waals surface area contributed by atoms with E-state index in [0.717, 1.165) is 16.5 Å². The number of thioether (sulfide) groups is 1. The summed E-state index contributed by atoms with van der Waals surface area (Å²) in [6, 6.07) is 25.8. The largest absolute Gasteiger partial charge is 0.493 e. The molecule has 14 nitrogen and oxygen atoms in total. The molecule has 0 spiro atoms. The second-order valence-electron chi connectivity index (χ2n) is 16.3. The van der Waals surface area contributed by atoms with Gasteiger partial charge in [-0.3, -0.25) is 9.59 Å². The molecular formula is C51H51BrF6N6O8S2. The maximum atomic E-state index is 12.7. The molecule has 0 aliphatic heterocycles. The summed E-state index contributed by atoms with van der Waals surface area (Å²) in [5, 5.41) is 0.0612. The van der Waals surface area contributed by atoms with Crippen LogP contribution in [0.3, 0.4) is 0 Å². The van der Waals surface area contributed by atoms with E-state index in [2.05, 4.69) is 67.9 Å². The van der Waals surface area contributed by atoms with Crippen LogP contribution in [-0.4, -0.2) is 89.8 Å². The van der Waals surface area contributed by atoms with E-state index in [4.69, 9.17) is 18.9 Å². The van der Waals surface area contributed by atoms with E-state index in [1.807, 2.05) is 6.07 Å². The fourth-order valence-corrected chi connectivity index (χ4v) is 8.95. The highest BCUT2D eigenvalue weighted by molar-refractivity contribution is 9.08. The fraction of sp³-hybridized carbons (Fsp3) is 0.294. The topological polar surface area (TPSA) is 167 Å². The Hall–Kier alpha value is -6.72. The molecular weight excluding hydrogens is 1080 g/mol. The minimum absolute atomic E-state index is 0.0324. The molecule has 4 aromatic heterocycles. The minimum Gasteiger partial charge on any atom is -0.493 e. The van der Waals surface area contributed by atoms with Gasteiger partial charge in [0, 0.05) is 52.4 Å². The van der Waals surface area contributed by atoms with Gasteiger partial charge in [-0.2, -0.15) is 26.3 Å². The average Bonchev–Trinajstić information content (AvgIpc) is 3.34. The molecule has 7 rings (SSSR count). The van der Waals surface area contributed by atoms with Crippen molar-refractivity contribution in [1.29, 1.82) is 0 Å². The Morgan fingerprint density at radius 3 is 1.47 bits per heavy atom. The number of halogens is 7. The van der Waals surface area contributed by atoms with Gasteiger partial charge in [0.25, 0.3) is 11.1 Å². The van der Waals surface area contributed by atoms with Crippen molar-refractivity contribution in [3.8, 4) is 45.5 Å². The van der Waals surface area contributed by atoms with Crippen LogP contribution in [0.25, 0.3) is 22.5 Å². The number of sulfone groups is 1. The second-order valence-corrected chi connectivity index (χ2v) is 19.7. The van der Waals surface area contributed by atoms with Crippen molar-refractivity contribution < 1.29 is 53.7 Å². The van der Waals surface area contributed by atoms with E-state index in [0.29, 0.717) is 57.3 Å². The molecule has 0 atom stereocenters. The number of ether oxygens (including phenoxy) is 4. The van der Waals surface area contributed by atoms with Crippen LogP contribution in [0.1, 0.15) is 39.2 Å². The molecule has 0 aliphatic rings. The Morgan fingerprint density at radius 1 is 0.554 bits per heavy atom. The predicted molar refractivity (Wildman–Crippen MR) is 274 cm³/mol. The summed E-state index contributed by atoms with van der Waals surface area (Å²) in [5.41, 5.74) is 7.21. The summed E-state index contributed by atoms with van der Waals surface area (Å²) in [4.78, 5) is 40.6. The molecule has 394 valence electrons. The molecule has 4 heterocycles. The Kier molecular flexibility index (Phi) is 20.0. The number of nitrogens with zero attached hydrogens (tertiary/aromatic N) is 6. The maximum Gasteiger partial charge on any atom is 0.403 e. The Balaban J connectivity index is 0.000000231. The van der Waals surface area contributed by atoms with E-state index in [-0.39, 0.29) is 40.8 Å². The van der Waals surface area contributed by atoms with Crippen molar-refractivity contribution in [3.63, 3.8) is 0 Å². The number of aryl methyl sites for hydroxylation is 4. The molecule has 0 amide bonds. The van der Waals surface area contributed by atoms with Gasteiger partial charge in [-0.05, 0) is 104 Å². The van der Waals surface area contributed by atoms with Crippen molar-refractivity contribution in [2.45, 2.75) is 68.8 Å². The molecule has 23 heteroatoms. The smallest absolute Gasteiger partial charge is 0.403 e. The van der Waals surface area contributed by atoms with Crippen LogP contribution < -0.4 is 30.1 Å². The number of aromatic nitrogens is 6. The molecule has 0 bridgehead atoms. The average molecular weight is 1130 g/mol. The number of benzene rings is 3. The van der Waals surface area contributed by atoms with E-state index in [1.165, 1.54) is 91.6 Å². The summed E-state index contributed by atoms with van der Waals surface area (Å²) < 4.78 is 124. The highest BCUT2D eigenvalue weighted by atomic mass is 79.9. The molecule has 0 N–H and O–H groups in total. The number of hydrogen-bond acceptors (Lipinski definition) is 13. The van der Waals surface area contributed by atoms with Gasteiger partial charge in [0.1, 0.15) is 0 Å². The van der Waals surface area contributed by atoms with Gasteiger partial charge in [0.2, 0.25) is 15.0 Å². The Morgan fingerprint density at radius 2 is 1.03 bits per heavy atom. The van der Waals surface area contributed by atoms with Gasteiger partial charge in [0.05, 0.1) is 58.7 Å². The lowest BCUT2D eigenvalue weighted by Gasteiger charge is -2.12. The molecule has 0 saturated heterocycles. The lowest BCUT2D eigenvalue weighted by Crippen LogP contribution is -2.24. The first-order valence-corrected chi connectivity index (χ1v) is 25.8. The molecule has 74 heavy (non-hydrogen) atoms. The summed E-state index contributed by atoms with van der Waals surface area (Å²) >= 11 is 3.94. The van der Waals surface area contributed by atoms with Gasteiger partial charge < -0.3 is 28.1 Å². The zero-order chi connectivity index (χ0) is 54.5. The van der Waals surface area contributed by atoms with Crippen LogP contribution in [0.4, 0.5) is 26.3 Å². The first-order chi connectivity index (χ1) is 34.8. The number of alkyl halides is 7. The standard InChI is InChI=1S/C21H20F3N3O5S.C21H20F3N3O3S.C9H11Br/c1-13-8-16(26-20(25-13)33(29,30)12-21(22,23)24)15-5-7-19(28)27(11-15)10-14-4-6-17(31-2)18(9-14)32-3;1-13-8-16(26-20(25-13)31-12-21(22,23)24)15-5-7-19(28)27(11-15)10-14-4-6-17(29-2)18(9-14)30-3;1-7-3-4-9(6-10)5-8(7)2/h4-9,11H,10,12H2,1-3H3;4-9,11H,10,12H2,1-3H3;3-5H,6H2,1-2H3. The highest BCUT2D eigenvalue weighted by Crippen LogP contribution is 2.31. The second kappa shape index (κ2) is 25.5. The van der Waals surface area contributed by atoms with Crippen LogP contribution >= 0.6 is 27.7 Å². The van der Waals surface area contributed by atoms with E-state index in [1.54, 1.807) is 55.6 Å². The Bertz CT molecular complexity index is 3320. The van der Waals surface area contributed by atoms with Crippen molar-refractivity contribution in [1.82, 2.24) is 29.1 Å². The van der Waals surface area contributed by atoms with Gasteiger partial charge >= 0.3 is 12.4 Å². The third kappa shape index (κ3) is 16.9. The first-order valence-electron chi connectivity index (χ1n) is 22.0. The number of pyridine rings is 2.